The van der Waals surface area contributed by atoms with Gasteiger partial charge in [-0.3, -0.25) is 9.48 Å². The highest BCUT2D eigenvalue weighted by Crippen LogP contribution is 2.19. The van der Waals surface area contributed by atoms with Gasteiger partial charge in [-0.05, 0) is 59.9 Å². The molecule has 0 bridgehead atoms. The average molecular weight is 364 g/mol. The number of nitrogens with one attached hydrogen (secondary N) is 1. The van der Waals surface area contributed by atoms with Crippen molar-refractivity contribution in [3.63, 3.8) is 0 Å². The highest BCUT2D eigenvalue weighted by molar-refractivity contribution is 5.79. The Balaban J connectivity index is 1.66. The lowest BCUT2D eigenvalue weighted by atomic mass is 9.96. The minimum atomic E-state index is -0.489. The van der Waals surface area contributed by atoms with Gasteiger partial charge in [0.15, 0.2) is 0 Å². The first kappa shape index (κ1) is 20.3. The van der Waals surface area contributed by atoms with Crippen LogP contribution in [-0.2, 0) is 16.1 Å². The number of aromatic nitrogens is 2. The van der Waals surface area contributed by atoms with E-state index in [4.69, 9.17) is 4.74 Å². The predicted octanol–water partition coefficient (Wildman–Crippen LogP) is 2.65. The number of hydrogen-bond donors (Lipinski definition) is 1. The first-order valence-electron chi connectivity index (χ1n) is 9.42. The monoisotopic (exact) mass is 364 g/mol. The van der Waals surface area contributed by atoms with E-state index in [2.05, 4.69) is 16.5 Å². The van der Waals surface area contributed by atoms with Crippen LogP contribution >= 0.6 is 0 Å². The summed E-state index contributed by atoms with van der Waals surface area (Å²) in [5.74, 6) is 0.0598. The molecule has 146 valence electrons. The van der Waals surface area contributed by atoms with E-state index in [1.807, 2.05) is 39.3 Å². The van der Waals surface area contributed by atoms with Crippen molar-refractivity contribution in [2.75, 3.05) is 19.6 Å². The van der Waals surface area contributed by atoms with E-state index >= 15 is 0 Å². The second kappa shape index (κ2) is 8.56. The molecule has 7 heteroatoms. The quantitative estimate of drug-likeness (QED) is 0.815. The number of piperidine rings is 1. The molecule has 0 aliphatic carbocycles. The number of hydrogen-bond acceptors (Lipinski definition) is 4. The van der Waals surface area contributed by atoms with Crippen molar-refractivity contribution in [3.05, 3.63) is 17.5 Å². The van der Waals surface area contributed by atoms with Gasteiger partial charge in [0.2, 0.25) is 5.91 Å². The van der Waals surface area contributed by atoms with Crippen molar-refractivity contribution in [2.45, 2.75) is 66.0 Å². The number of carbonyl (C=O) groups is 2. The summed E-state index contributed by atoms with van der Waals surface area (Å²) in [6.07, 6.45) is 1.93. The summed E-state index contributed by atoms with van der Waals surface area (Å²) in [6, 6.07) is 2.05. The molecule has 1 aliphatic heterocycles. The SMILES string of the molecule is Cc1cc(C)n(CCCNC(=O)C2CCN(C(=O)OC(C)(C)C)CC2)n1. The molecular weight excluding hydrogens is 332 g/mol. The summed E-state index contributed by atoms with van der Waals surface area (Å²) >= 11 is 0. The second-order valence-corrected chi connectivity index (χ2v) is 8.04. The number of ether oxygens (including phenoxy) is 1. The standard InChI is InChI=1S/C19H32N4O3/c1-14-13-15(2)23(21-14)10-6-9-20-17(24)16-7-11-22(12-8-16)18(25)26-19(3,4)5/h13,16H,6-12H2,1-5H3,(H,20,24). The highest BCUT2D eigenvalue weighted by Gasteiger charge is 2.29. The molecule has 0 aromatic carbocycles. The molecule has 1 N–H and O–H groups in total. The van der Waals surface area contributed by atoms with Gasteiger partial charge in [0.25, 0.3) is 0 Å². The summed E-state index contributed by atoms with van der Waals surface area (Å²) in [5.41, 5.74) is 1.67. The molecule has 1 fully saturated rings. The topological polar surface area (TPSA) is 76.5 Å². The molecule has 7 nitrogen and oxygen atoms in total. The van der Waals surface area contributed by atoms with E-state index in [-0.39, 0.29) is 17.9 Å². The summed E-state index contributed by atoms with van der Waals surface area (Å²) in [7, 11) is 0. The minimum Gasteiger partial charge on any atom is -0.444 e. The molecule has 1 aromatic heterocycles. The Bertz CT molecular complexity index is 625. The molecule has 0 radical (unpaired) electrons. The van der Waals surface area contributed by atoms with Gasteiger partial charge in [-0.25, -0.2) is 4.79 Å². The molecule has 26 heavy (non-hydrogen) atoms. The molecule has 1 aromatic rings. The summed E-state index contributed by atoms with van der Waals surface area (Å²) in [4.78, 5) is 26.1. The third kappa shape index (κ3) is 6.04. The lowest BCUT2D eigenvalue weighted by Gasteiger charge is -2.32. The van der Waals surface area contributed by atoms with Gasteiger partial charge >= 0.3 is 6.09 Å². The van der Waals surface area contributed by atoms with Crippen LogP contribution in [0.5, 0.6) is 0 Å². The molecule has 1 aliphatic rings. The third-order valence-corrected chi connectivity index (χ3v) is 4.47. The number of nitrogens with zero attached hydrogens (tertiary/aromatic N) is 3. The molecule has 0 saturated carbocycles. The van der Waals surface area contributed by atoms with Crippen molar-refractivity contribution >= 4 is 12.0 Å². The van der Waals surface area contributed by atoms with Crippen LogP contribution in [0.3, 0.4) is 0 Å². The fourth-order valence-corrected chi connectivity index (χ4v) is 3.14. The maximum Gasteiger partial charge on any atom is 0.410 e. The lowest BCUT2D eigenvalue weighted by Crippen LogP contribution is -2.45. The number of aryl methyl sites for hydroxylation is 3. The smallest absolute Gasteiger partial charge is 0.410 e. The van der Waals surface area contributed by atoms with E-state index < -0.39 is 5.60 Å². The summed E-state index contributed by atoms with van der Waals surface area (Å²) in [6.45, 7) is 12.2. The van der Waals surface area contributed by atoms with Crippen LogP contribution < -0.4 is 5.32 Å². The van der Waals surface area contributed by atoms with Crippen LogP contribution in [0, 0.1) is 19.8 Å². The van der Waals surface area contributed by atoms with Crippen molar-refractivity contribution in [1.29, 1.82) is 0 Å². The van der Waals surface area contributed by atoms with Gasteiger partial charge in [-0.1, -0.05) is 0 Å². The Morgan fingerprint density at radius 3 is 2.46 bits per heavy atom. The Morgan fingerprint density at radius 2 is 1.92 bits per heavy atom. The maximum atomic E-state index is 12.3. The lowest BCUT2D eigenvalue weighted by molar-refractivity contribution is -0.126. The van der Waals surface area contributed by atoms with Gasteiger partial charge in [-0.2, -0.15) is 5.10 Å². The van der Waals surface area contributed by atoms with Crippen molar-refractivity contribution in [1.82, 2.24) is 20.0 Å². The van der Waals surface area contributed by atoms with Crippen molar-refractivity contribution < 1.29 is 14.3 Å². The van der Waals surface area contributed by atoms with Crippen LogP contribution in [0.15, 0.2) is 6.07 Å². The Kier molecular flexibility index (Phi) is 6.67. The van der Waals surface area contributed by atoms with E-state index in [0.717, 1.165) is 24.4 Å². The number of carbonyl (C=O) groups excluding carboxylic acids is 2. The predicted molar refractivity (Wildman–Crippen MR) is 99.9 cm³/mol. The molecule has 2 amide bonds. The van der Waals surface area contributed by atoms with Crippen LogP contribution in [0.25, 0.3) is 0 Å². The van der Waals surface area contributed by atoms with Crippen LogP contribution in [-0.4, -0.2) is 51.9 Å². The zero-order valence-electron chi connectivity index (χ0n) is 16.7. The van der Waals surface area contributed by atoms with Gasteiger partial charge in [0, 0.05) is 37.8 Å². The van der Waals surface area contributed by atoms with E-state index in [0.29, 0.717) is 32.5 Å². The largest absolute Gasteiger partial charge is 0.444 e. The van der Waals surface area contributed by atoms with Crippen LogP contribution in [0.2, 0.25) is 0 Å². The second-order valence-electron chi connectivity index (χ2n) is 8.04. The maximum absolute atomic E-state index is 12.3. The van der Waals surface area contributed by atoms with Gasteiger partial charge in [0.1, 0.15) is 5.60 Å². The number of rotatable bonds is 5. The average Bonchev–Trinajstić information content (AvgIpc) is 2.87. The highest BCUT2D eigenvalue weighted by atomic mass is 16.6. The van der Waals surface area contributed by atoms with E-state index in [1.54, 1.807) is 4.90 Å². The minimum absolute atomic E-state index is 0.0256. The normalized spacial score (nSPS) is 15.8. The third-order valence-electron chi connectivity index (χ3n) is 4.47. The first-order valence-corrected chi connectivity index (χ1v) is 9.42. The fourth-order valence-electron chi connectivity index (χ4n) is 3.14. The van der Waals surface area contributed by atoms with Crippen molar-refractivity contribution in [3.8, 4) is 0 Å². The molecule has 1 saturated heterocycles. The number of amides is 2. The molecule has 2 heterocycles. The Hall–Kier alpha value is -2.05. The van der Waals surface area contributed by atoms with Crippen LogP contribution in [0.4, 0.5) is 4.79 Å². The zero-order valence-corrected chi connectivity index (χ0v) is 16.7. The first-order chi connectivity index (χ1) is 12.2. The molecule has 0 atom stereocenters. The van der Waals surface area contributed by atoms with Crippen LogP contribution in [0.1, 0.15) is 51.4 Å². The van der Waals surface area contributed by atoms with Gasteiger partial charge < -0.3 is 15.0 Å². The molecule has 0 spiro atoms. The summed E-state index contributed by atoms with van der Waals surface area (Å²) in [5, 5.41) is 7.44. The van der Waals surface area contributed by atoms with E-state index in [1.165, 1.54) is 0 Å². The van der Waals surface area contributed by atoms with Gasteiger partial charge in [-0.15, -0.1) is 0 Å². The Morgan fingerprint density at radius 1 is 1.27 bits per heavy atom. The number of likely N-dealkylation sites (tertiary alicyclic amines) is 1. The Labute approximate surface area is 156 Å². The summed E-state index contributed by atoms with van der Waals surface area (Å²) < 4.78 is 7.36. The molecular formula is C19H32N4O3. The molecule has 2 rings (SSSR count). The van der Waals surface area contributed by atoms with Crippen molar-refractivity contribution in [2.24, 2.45) is 5.92 Å². The van der Waals surface area contributed by atoms with E-state index in [9.17, 15) is 9.59 Å². The van der Waals surface area contributed by atoms with Gasteiger partial charge in [0.05, 0.1) is 5.69 Å². The molecule has 0 unspecified atom stereocenters. The zero-order chi connectivity index (χ0) is 19.3. The fraction of sp³-hybridized carbons (Fsp3) is 0.737.